The molecule has 0 amide bonds. The Morgan fingerprint density at radius 3 is 2.17 bits per heavy atom. The van der Waals surface area contributed by atoms with Gasteiger partial charge in [0.05, 0.1) is 0 Å². The smallest absolute Gasteiger partial charge is 0.205 e. The number of hydrogen-bond donors (Lipinski definition) is 1. The topological polar surface area (TPSA) is 38.7 Å². The highest BCUT2D eigenvalue weighted by Crippen LogP contribution is 2.29. The van der Waals surface area contributed by atoms with E-state index >= 15 is 0 Å². The van der Waals surface area contributed by atoms with Gasteiger partial charge in [-0.3, -0.25) is 0 Å². The third kappa shape index (κ3) is 2.54. The molecule has 0 spiro atoms. The third-order valence-electron chi connectivity index (χ3n) is 0.372. The van der Waals surface area contributed by atoms with Crippen LogP contribution in [0.3, 0.4) is 0 Å². The fraction of sp³-hybridized carbons (Fsp3) is 1.00. The lowest BCUT2D eigenvalue weighted by atomic mass is 11.8. The van der Waals surface area contributed by atoms with Crippen LogP contribution in [0.5, 0.6) is 0 Å². The van der Waals surface area contributed by atoms with Gasteiger partial charge >= 0.3 is 0 Å². The fourth-order valence-electron chi connectivity index (χ4n) is 0.0333. The van der Waals surface area contributed by atoms with Crippen LogP contribution in [-0.4, -0.2) is 19.0 Å². The van der Waals surface area contributed by atoms with Gasteiger partial charge in [0.25, 0.3) is 0 Å². The zero-order valence-electron chi connectivity index (χ0n) is 3.71. The molecule has 0 aliphatic carbocycles. The van der Waals surface area contributed by atoms with Crippen LogP contribution in [0, 0.1) is 0 Å². The quantitative estimate of drug-likeness (QED) is 0.328. The molecule has 1 N–H and O–H groups in total. The first-order valence-corrected chi connectivity index (χ1v) is 3.03. The van der Waals surface area contributed by atoms with E-state index in [1.807, 2.05) is 0 Å². The molecule has 0 aliphatic heterocycles. The molecule has 1 atom stereocenters. The molecule has 0 heterocycles. The van der Waals surface area contributed by atoms with Gasteiger partial charge in [-0.15, -0.1) is 0 Å². The van der Waals surface area contributed by atoms with E-state index in [0.29, 0.717) is 0 Å². The standard InChI is InChI=1S/C2H7O3P/c1-4-6(2)5-3/h3H,1-2H3. The van der Waals surface area contributed by atoms with Crippen molar-refractivity contribution in [1.82, 2.24) is 0 Å². The minimum Gasteiger partial charge on any atom is -0.336 e. The molecule has 0 aromatic heterocycles. The molecule has 0 rings (SSSR count). The Bertz CT molecular complexity index is 28.0. The Hall–Kier alpha value is 0.310. The molecule has 1 unspecified atom stereocenters. The normalized spacial score (nSPS) is 14.5. The van der Waals surface area contributed by atoms with E-state index in [9.17, 15) is 0 Å². The van der Waals surface area contributed by atoms with E-state index in [-0.39, 0.29) is 0 Å². The molecule has 0 fully saturated rings. The van der Waals surface area contributed by atoms with Crippen molar-refractivity contribution in [1.29, 1.82) is 0 Å². The zero-order chi connectivity index (χ0) is 4.99. The first-order chi connectivity index (χ1) is 2.81. The molecule has 0 bridgehead atoms. The van der Waals surface area contributed by atoms with Crippen molar-refractivity contribution >= 4 is 8.38 Å². The summed E-state index contributed by atoms with van der Waals surface area (Å²) in [6.45, 7) is 1.65. The number of hydrogen-bond acceptors (Lipinski definition) is 3. The summed E-state index contributed by atoms with van der Waals surface area (Å²) in [5.41, 5.74) is 0. The minimum absolute atomic E-state index is 1.02. The lowest BCUT2D eigenvalue weighted by Crippen LogP contribution is -1.75. The van der Waals surface area contributed by atoms with Crippen LogP contribution < -0.4 is 0 Å². The zero-order valence-corrected chi connectivity index (χ0v) is 4.61. The van der Waals surface area contributed by atoms with Crippen LogP contribution in [0.25, 0.3) is 0 Å². The predicted octanol–water partition coefficient (Wildman–Crippen LogP) is 1.06. The molecule has 0 aromatic carbocycles. The Morgan fingerprint density at radius 2 is 2.17 bits per heavy atom. The molecule has 38 valence electrons. The van der Waals surface area contributed by atoms with E-state index in [1.165, 1.54) is 7.11 Å². The van der Waals surface area contributed by atoms with Gasteiger partial charge in [0.2, 0.25) is 8.38 Å². The number of rotatable bonds is 2. The summed E-state index contributed by atoms with van der Waals surface area (Å²) in [5.74, 6) is 0. The second-order valence-electron chi connectivity index (χ2n) is 0.704. The first-order valence-electron chi connectivity index (χ1n) is 1.40. The van der Waals surface area contributed by atoms with E-state index in [1.54, 1.807) is 6.66 Å². The molecule has 4 heteroatoms. The van der Waals surface area contributed by atoms with Crippen molar-refractivity contribution < 1.29 is 14.5 Å². The Morgan fingerprint density at radius 1 is 1.67 bits per heavy atom. The van der Waals surface area contributed by atoms with Crippen molar-refractivity contribution in [2.75, 3.05) is 13.8 Å². The second kappa shape index (κ2) is 3.50. The molecule has 0 saturated carbocycles. The molecule has 6 heavy (non-hydrogen) atoms. The second-order valence-corrected chi connectivity index (χ2v) is 2.11. The molecule has 3 nitrogen and oxygen atoms in total. The van der Waals surface area contributed by atoms with Gasteiger partial charge in [-0.25, -0.2) is 5.26 Å². The Kier molecular flexibility index (Phi) is 3.68. The molecular weight excluding hydrogens is 103 g/mol. The molecular formula is C2H7O3P. The van der Waals surface area contributed by atoms with E-state index in [0.717, 1.165) is 0 Å². The Balaban J connectivity index is 2.75. The molecule has 0 saturated heterocycles. The maximum Gasteiger partial charge on any atom is 0.205 e. The summed E-state index contributed by atoms with van der Waals surface area (Å²) < 4.78 is 8.23. The van der Waals surface area contributed by atoms with Crippen LogP contribution in [0.1, 0.15) is 0 Å². The van der Waals surface area contributed by atoms with Gasteiger partial charge in [0, 0.05) is 13.8 Å². The van der Waals surface area contributed by atoms with Crippen molar-refractivity contribution in [2.45, 2.75) is 0 Å². The highest BCUT2D eigenvalue weighted by Gasteiger charge is 1.92. The summed E-state index contributed by atoms with van der Waals surface area (Å²) in [6, 6.07) is 0. The summed E-state index contributed by atoms with van der Waals surface area (Å²) in [7, 11) is 0.454. The third-order valence-corrected chi connectivity index (χ3v) is 1.12. The highest BCUT2D eigenvalue weighted by molar-refractivity contribution is 7.46. The van der Waals surface area contributed by atoms with Crippen LogP contribution in [-0.2, 0) is 9.20 Å². The average Bonchev–Trinajstić information content (AvgIpc) is 1.65. The van der Waals surface area contributed by atoms with E-state index in [2.05, 4.69) is 9.20 Å². The van der Waals surface area contributed by atoms with Crippen LogP contribution in [0.4, 0.5) is 0 Å². The van der Waals surface area contributed by atoms with Crippen LogP contribution in [0.15, 0.2) is 0 Å². The summed E-state index contributed by atoms with van der Waals surface area (Å²) >= 11 is 0. The summed E-state index contributed by atoms with van der Waals surface area (Å²) in [5, 5.41) is 7.74. The van der Waals surface area contributed by atoms with E-state index in [4.69, 9.17) is 5.26 Å². The van der Waals surface area contributed by atoms with Gasteiger partial charge in [-0.05, 0) is 0 Å². The van der Waals surface area contributed by atoms with E-state index < -0.39 is 8.38 Å². The van der Waals surface area contributed by atoms with Gasteiger partial charge in [-0.1, -0.05) is 0 Å². The largest absolute Gasteiger partial charge is 0.336 e. The van der Waals surface area contributed by atoms with Gasteiger partial charge in [-0.2, -0.15) is 4.67 Å². The minimum atomic E-state index is -1.02. The van der Waals surface area contributed by atoms with Crippen molar-refractivity contribution in [3.05, 3.63) is 0 Å². The van der Waals surface area contributed by atoms with Crippen molar-refractivity contribution in [2.24, 2.45) is 0 Å². The molecule has 0 aromatic rings. The van der Waals surface area contributed by atoms with Crippen LogP contribution in [0.2, 0.25) is 0 Å². The SMILES string of the molecule is COP(C)OO. The Labute approximate surface area is 37.7 Å². The highest BCUT2D eigenvalue weighted by atomic mass is 31.2. The maximum atomic E-state index is 7.74. The van der Waals surface area contributed by atoms with Crippen LogP contribution >= 0.6 is 8.38 Å². The van der Waals surface area contributed by atoms with Gasteiger partial charge < -0.3 is 4.52 Å². The lowest BCUT2D eigenvalue weighted by molar-refractivity contribution is -0.136. The molecule has 0 radical (unpaired) electrons. The van der Waals surface area contributed by atoms with Gasteiger partial charge in [0.1, 0.15) is 0 Å². The monoisotopic (exact) mass is 110 g/mol. The fourth-order valence-corrected chi connectivity index (χ4v) is 0.100. The summed E-state index contributed by atoms with van der Waals surface area (Å²) in [6.07, 6.45) is 0. The lowest BCUT2D eigenvalue weighted by Gasteiger charge is -1.98. The van der Waals surface area contributed by atoms with Gasteiger partial charge in [0.15, 0.2) is 0 Å². The first kappa shape index (κ1) is 6.31. The summed E-state index contributed by atoms with van der Waals surface area (Å²) in [4.78, 5) is 0. The molecule has 0 aliphatic rings. The maximum absolute atomic E-state index is 7.74. The van der Waals surface area contributed by atoms with Crippen molar-refractivity contribution in [3.63, 3.8) is 0 Å². The average molecular weight is 110 g/mol. The van der Waals surface area contributed by atoms with Crippen molar-refractivity contribution in [3.8, 4) is 0 Å². The predicted molar refractivity (Wildman–Crippen MR) is 23.6 cm³/mol.